The Balaban J connectivity index is 0.000000477. The first-order valence-corrected chi connectivity index (χ1v) is 16.4. The lowest BCUT2D eigenvalue weighted by Crippen LogP contribution is -2.09. The number of aliphatic hydroxyl groups is 1. The molecule has 2 rings (SSSR count). The first-order chi connectivity index (χ1) is 13.7. The van der Waals surface area contributed by atoms with Gasteiger partial charge in [0.25, 0.3) is 0 Å². The van der Waals surface area contributed by atoms with Gasteiger partial charge in [-0.1, -0.05) is 15.9 Å². The second kappa shape index (κ2) is 13.8. The summed E-state index contributed by atoms with van der Waals surface area (Å²) in [7, 11) is 0. The molecule has 0 spiro atoms. The fourth-order valence-electron chi connectivity index (χ4n) is 1.94. The van der Waals surface area contributed by atoms with Crippen LogP contribution in [0.1, 0.15) is 36.4 Å². The summed E-state index contributed by atoms with van der Waals surface area (Å²) in [6.45, 7) is 3.56. The number of halogens is 10. The van der Waals surface area contributed by atoms with Crippen LogP contribution in [-0.2, 0) is 37.4 Å². The van der Waals surface area contributed by atoms with Gasteiger partial charge in [0, 0.05) is 41.9 Å². The number of aliphatic hydroxyl groups excluding tert-OH is 1. The van der Waals surface area contributed by atoms with Crippen LogP contribution in [0.15, 0.2) is 12.4 Å². The van der Waals surface area contributed by atoms with Crippen molar-refractivity contribution in [2.75, 3.05) is 0 Å². The van der Waals surface area contributed by atoms with Crippen LogP contribution in [-0.4, -0.2) is 24.7 Å². The van der Waals surface area contributed by atoms with Crippen LogP contribution in [0.4, 0.5) is 26.3 Å². The molecule has 174 valence electrons. The fourth-order valence-corrected chi connectivity index (χ4v) is 2.35. The summed E-state index contributed by atoms with van der Waals surface area (Å²) in [6.07, 6.45) is -6.25. The van der Waals surface area contributed by atoms with Crippen LogP contribution >= 0.6 is 66.4 Å². The number of alkyl halides is 7. The molecule has 0 saturated heterocycles. The number of hydrogen-bond acceptors (Lipinski definition) is 3. The molecule has 0 unspecified atom stereocenters. The lowest BCUT2D eigenvalue weighted by Gasteiger charge is -2.03. The van der Waals surface area contributed by atoms with Gasteiger partial charge in [-0.3, -0.25) is 9.36 Å². The second-order valence-electron chi connectivity index (χ2n) is 5.20. The Morgan fingerprint density at radius 2 is 1.20 bits per heavy atom. The molecule has 0 saturated carbocycles. The smallest absolute Gasteiger partial charge is 0.392 e. The predicted octanol–water partition coefficient (Wildman–Crippen LogP) is 7.63. The standard InChI is InChI=1S/C7H8BrF3N2.C7H9F3N2O.Br3P/c1-2-13-4-5(3-8)6(12-13)7(9,10)11;1-2-12-3-5(4-13)6(11-12)7(8,9)10;1-4(2)3/h4H,2-3H2,1H3;3,13H,2,4H2,1H3;. The fraction of sp³-hybridized carbons (Fsp3) is 0.571. The molecule has 30 heavy (non-hydrogen) atoms. The highest BCUT2D eigenvalue weighted by Gasteiger charge is 2.37. The maximum atomic E-state index is 12.3. The first kappa shape index (κ1) is 30.3. The van der Waals surface area contributed by atoms with Crippen molar-refractivity contribution < 1.29 is 31.4 Å². The van der Waals surface area contributed by atoms with Crippen molar-refractivity contribution >= 4 is 66.4 Å². The molecule has 2 aromatic rings. The molecule has 0 radical (unpaired) electrons. The highest BCUT2D eigenvalue weighted by atomic mass is 80.0. The molecule has 0 aliphatic carbocycles. The molecule has 1 N–H and O–H groups in total. The van der Waals surface area contributed by atoms with E-state index in [0.29, 0.717) is 13.1 Å². The van der Waals surface area contributed by atoms with E-state index < -0.39 is 30.3 Å². The van der Waals surface area contributed by atoms with Gasteiger partial charge in [0.1, 0.15) is 4.03 Å². The Hall–Kier alpha value is 0.310. The third-order valence-corrected chi connectivity index (χ3v) is 3.78. The van der Waals surface area contributed by atoms with E-state index in [4.69, 9.17) is 5.11 Å². The van der Waals surface area contributed by atoms with Crippen LogP contribution in [0, 0.1) is 0 Å². The molecule has 0 amide bonds. The second-order valence-corrected chi connectivity index (χ2v) is 21.1. The summed E-state index contributed by atoms with van der Waals surface area (Å²) in [4.78, 5) is 0. The molecular formula is C14H17Br4F6N4OP. The van der Waals surface area contributed by atoms with Crippen LogP contribution < -0.4 is 0 Å². The third-order valence-electron chi connectivity index (χ3n) is 3.17. The summed E-state index contributed by atoms with van der Waals surface area (Å²) in [5, 5.41) is 15.5. The van der Waals surface area contributed by atoms with E-state index in [1.54, 1.807) is 13.8 Å². The van der Waals surface area contributed by atoms with Crippen molar-refractivity contribution in [2.24, 2.45) is 0 Å². The molecular weight excluding hydrogens is 705 g/mol. The van der Waals surface area contributed by atoms with Crippen molar-refractivity contribution in [3.05, 3.63) is 34.9 Å². The highest BCUT2D eigenvalue weighted by Crippen LogP contribution is 2.59. The molecule has 2 aromatic heterocycles. The molecule has 16 heteroatoms. The Kier molecular flexibility index (Phi) is 13.9. The van der Waals surface area contributed by atoms with Crippen molar-refractivity contribution in [1.82, 2.24) is 19.6 Å². The third kappa shape index (κ3) is 10.8. The van der Waals surface area contributed by atoms with Crippen LogP contribution in [0.5, 0.6) is 0 Å². The van der Waals surface area contributed by atoms with Crippen LogP contribution in [0.3, 0.4) is 0 Å². The zero-order chi connectivity index (χ0) is 23.7. The van der Waals surface area contributed by atoms with Crippen molar-refractivity contribution in [2.45, 2.75) is 51.2 Å². The van der Waals surface area contributed by atoms with Gasteiger partial charge in [0.05, 0.1) is 6.61 Å². The number of aromatic nitrogens is 4. The Labute approximate surface area is 202 Å². The molecule has 0 aromatic carbocycles. The molecule has 2 heterocycles. The largest absolute Gasteiger partial charge is 0.435 e. The maximum Gasteiger partial charge on any atom is 0.435 e. The Morgan fingerprint density at radius 3 is 1.40 bits per heavy atom. The molecule has 0 aliphatic rings. The zero-order valence-electron chi connectivity index (χ0n) is 15.4. The van der Waals surface area contributed by atoms with Crippen LogP contribution in [0.25, 0.3) is 0 Å². The van der Waals surface area contributed by atoms with Gasteiger partial charge in [-0.05, 0) is 60.3 Å². The average Bonchev–Trinajstić information content (AvgIpc) is 3.24. The number of aryl methyl sites for hydroxylation is 2. The van der Waals surface area contributed by atoms with E-state index in [2.05, 4.69) is 72.6 Å². The average molecular weight is 722 g/mol. The van der Waals surface area contributed by atoms with Crippen molar-refractivity contribution in [1.29, 1.82) is 0 Å². The van der Waals surface area contributed by atoms with Crippen molar-refractivity contribution in [3.63, 3.8) is 0 Å². The molecule has 0 fully saturated rings. The highest BCUT2D eigenvalue weighted by molar-refractivity contribution is 9.93. The van der Waals surface area contributed by atoms with Gasteiger partial charge in [-0.25, -0.2) is 0 Å². The minimum absolute atomic E-state index is 0.168. The number of hydrogen-bond donors (Lipinski definition) is 1. The van der Waals surface area contributed by atoms with E-state index in [9.17, 15) is 26.3 Å². The quantitative estimate of drug-likeness (QED) is 0.201. The van der Waals surface area contributed by atoms with Gasteiger partial charge >= 0.3 is 12.4 Å². The summed E-state index contributed by atoms with van der Waals surface area (Å²) in [6, 6.07) is 0. The number of rotatable bonds is 4. The maximum absolute atomic E-state index is 12.3. The lowest BCUT2D eigenvalue weighted by molar-refractivity contribution is -0.143. The van der Waals surface area contributed by atoms with Crippen molar-refractivity contribution in [3.8, 4) is 0 Å². The first-order valence-electron chi connectivity index (χ1n) is 7.92. The Bertz CT molecular complexity index is 704. The van der Waals surface area contributed by atoms with Crippen LogP contribution in [0.2, 0.25) is 0 Å². The molecule has 0 aliphatic heterocycles. The van der Waals surface area contributed by atoms with Gasteiger partial charge in [0.15, 0.2) is 11.4 Å². The van der Waals surface area contributed by atoms with E-state index in [1.807, 2.05) is 0 Å². The van der Waals surface area contributed by atoms with Gasteiger partial charge in [0.2, 0.25) is 0 Å². The van der Waals surface area contributed by atoms with Gasteiger partial charge in [-0.15, -0.1) is 0 Å². The van der Waals surface area contributed by atoms with Gasteiger partial charge < -0.3 is 5.11 Å². The van der Waals surface area contributed by atoms with E-state index in [1.165, 1.54) is 17.1 Å². The summed E-state index contributed by atoms with van der Waals surface area (Å²) < 4.78 is 75.7. The minimum Gasteiger partial charge on any atom is -0.392 e. The van der Waals surface area contributed by atoms with Gasteiger partial charge in [-0.2, -0.15) is 36.5 Å². The normalized spacial score (nSPS) is 11.7. The Morgan fingerprint density at radius 1 is 0.867 bits per heavy atom. The topological polar surface area (TPSA) is 55.9 Å². The molecule has 5 nitrogen and oxygen atoms in total. The monoisotopic (exact) mass is 718 g/mol. The molecule has 0 bridgehead atoms. The summed E-state index contributed by atoms with van der Waals surface area (Å²) in [5.41, 5.74) is -1.81. The minimum atomic E-state index is -4.49. The lowest BCUT2D eigenvalue weighted by atomic mass is 10.2. The molecule has 0 atom stereocenters. The summed E-state index contributed by atoms with van der Waals surface area (Å²) >= 11 is 12.5. The predicted molar refractivity (Wildman–Crippen MR) is 118 cm³/mol. The number of nitrogens with zero attached hydrogens (tertiary/aromatic N) is 4. The van der Waals surface area contributed by atoms with E-state index in [-0.39, 0.29) is 20.5 Å². The zero-order valence-corrected chi connectivity index (χ0v) is 22.7. The van der Waals surface area contributed by atoms with E-state index in [0.717, 1.165) is 4.68 Å². The van der Waals surface area contributed by atoms with E-state index >= 15 is 0 Å². The SMILES string of the molecule is BrP(Br)Br.CCn1cc(CBr)c(C(F)(F)F)n1.CCn1cc(CO)c(C(F)(F)F)n1. The summed E-state index contributed by atoms with van der Waals surface area (Å²) in [5.74, 6) is 0.